The molecule has 21 heavy (non-hydrogen) atoms. The third kappa shape index (κ3) is 2.41. The van der Waals surface area contributed by atoms with E-state index in [4.69, 9.17) is 0 Å². The van der Waals surface area contributed by atoms with Crippen LogP contribution in [0.25, 0.3) is 10.8 Å². The fourth-order valence-corrected chi connectivity index (χ4v) is 2.26. The minimum Gasteiger partial charge on any atom is -0.476 e. The molecular formula is C16H12N2O3. The average Bonchev–Trinajstić information content (AvgIpc) is 2.51. The second-order valence-corrected chi connectivity index (χ2v) is 4.65. The summed E-state index contributed by atoms with van der Waals surface area (Å²) in [6.45, 7) is 0.241. The Morgan fingerprint density at radius 2 is 1.62 bits per heavy atom. The highest BCUT2D eigenvalue weighted by Crippen LogP contribution is 2.13. The maximum Gasteiger partial charge on any atom is 0.357 e. The summed E-state index contributed by atoms with van der Waals surface area (Å²) in [5, 5.41) is 14.0. The number of aromatic nitrogens is 2. The molecule has 0 amide bonds. The van der Waals surface area contributed by atoms with Gasteiger partial charge in [-0.2, -0.15) is 5.10 Å². The highest BCUT2D eigenvalue weighted by molar-refractivity contribution is 6.01. The molecular weight excluding hydrogens is 268 g/mol. The van der Waals surface area contributed by atoms with E-state index in [0.29, 0.717) is 10.8 Å². The summed E-state index contributed by atoms with van der Waals surface area (Å²) >= 11 is 0. The van der Waals surface area contributed by atoms with E-state index in [1.165, 1.54) is 4.68 Å². The molecule has 3 aromatic rings. The van der Waals surface area contributed by atoms with Crippen LogP contribution in [0, 0.1) is 0 Å². The van der Waals surface area contributed by atoms with Gasteiger partial charge in [-0.15, -0.1) is 0 Å². The molecule has 0 fully saturated rings. The molecule has 0 saturated heterocycles. The molecule has 1 aromatic heterocycles. The van der Waals surface area contributed by atoms with Gasteiger partial charge >= 0.3 is 5.97 Å². The van der Waals surface area contributed by atoms with Crippen molar-refractivity contribution >= 4 is 16.7 Å². The molecule has 0 aliphatic rings. The molecule has 0 bridgehead atoms. The topological polar surface area (TPSA) is 72.2 Å². The first kappa shape index (κ1) is 13.1. The summed E-state index contributed by atoms with van der Waals surface area (Å²) in [7, 11) is 0. The molecule has 2 aromatic carbocycles. The predicted molar refractivity (Wildman–Crippen MR) is 78.5 cm³/mol. The summed E-state index contributed by atoms with van der Waals surface area (Å²) < 4.78 is 1.20. The zero-order valence-electron chi connectivity index (χ0n) is 11.1. The van der Waals surface area contributed by atoms with Gasteiger partial charge in [0, 0.05) is 5.39 Å². The van der Waals surface area contributed by atoms with E-state index >= 15 is 0 Å². The van der Waals surface area contributed by atoms with Gasteiger partial charge in [-0.25, -0.2) is 9.48 Å². The molecule has 0 aliphatic carbocycles. The van der Waals surface area contributed by atoms with Crippen LogP contribution in [-0.4, -0.2) is 20.9 Å². The van der Waals surface area contributed by atoms with Crippen LogP contribution < -0.4 is 5.56 Å². The number of aromatic carboxylic acids is 1. The first-order chi connectivity index (χ1) is 10.2. The Labute approximate surface area is 120 Å². The average molecular weight is 280 g/mol. The van der Waals surface area contributed by atoms with Gasteiger partial charge in [0.2, 0.25) is 0 Å². The van der Waals surface area contributed by atoms with Crippen molar-refractivity contribution in [1.82, 2.24) is 9.78 Å². The highest BCUT2D eigenvalue weighted by Gasteiger charge is 2.15. The molecule has 1 heterocycles. The lowest BCUT2D eigenvalue weighted by atomic mass is 10.1. The van der Waals surface area contributed by atoms with Crippen molar-refractivity contribution < 1.29 is 9.90 Å². The molecule has 5 nitrogen and oxygen atoms in total. The van der Waals surface area contributed by atoms with Crippen LogP contribution in [0.4, 0.5) is 0 Å². The molecule has 0 spiro atoms. The number of hydrogen-bond donors (Lipinski definition) is 1. The zero-order chi connectivity index (χ0) is 14.8. The van der Waals surface area contributed by atoms with Gasteiger partial charge in [-0.3, -0.25) is 4.79 Å². The summed E-state index contributed by atoms with van der Waals surface area (Å²) in [6, 6.07) is 15.9. The maximum absolute atomic E-state index is 12.4. The number of fused-ring (bicyclic) bond motifs is 1. The summed E-state index contributed by atoms with van der Waals surface area (Å²) in [5.41, 5.74) is 0.485. The summed E-state index contributed by atoms with van der Waals surface area (Å²) in [4.78, 5) is 23.8. The van der Waals surface area contributed by atoms with Crippen LogP contribution >= 0.6 is 0 Å². The van der Waals surface area contributed by atoms with Crippen LogP contribution in [0.1, 0.15) is 16.1 Å². The lowest BCUT2D eigenvalue weighted by molar-refractivity contribution is 0.0690. The molecule has 5 heteroatoms. The fraction of sp³-hybridized carbons (Fsp3) is 0.0625. The minimum atomic E-state index is -1.15. The third-order valence-electron chi connectivity index (χ3n) is 3.25. The number of carboxylic acids is 1. The Balaban J connectivity index is 2.22. The van der Waals surface area contributed by atoms with E-state index in [9.17, 15) is 14.7 Å². The first-order valence-electron chi connectivity index (χ1n) is 6.44. The normalized spacial score (nSPS) is 10.7. The second-order valence-electron chi connectivity index (χ2n) is 4.65. The Morgan fingerprint density at radius 3 is 2.29 bits per heavy atom. The Morgan fingerprint density at radius 1 is 1.00 bits per heavy atom. The van der Waals surface area contributed by atoms with Gasteiger partial charge in [-0.1, -0.05) is 48.5 Å². The standard InChI is InChI=1S/C16H12N2O3/c19-15-13-9-5-4-8-12(13)14(16(20)21)17-18(15)10-11-6-2-1-3-7-11/h1-9H,10H2,(H,20,21). The molecule has 1 N–H and O–H groups in total. The monoisotopic (exact) mass is 280 g/mol. The van der Waals surface area contributed by atoms with E-state index in [2.05, 4.69) is 5.10 Å². The van der Waals surface area contributed by atoms with Gasteiger partial charge in [0.1, 0.15) is 0 Å². The first-order valence-corrected chi connectivity index (χ1v) is 6.44. The Bertz CT molecular complexity index is 870. The Kier molecular flexibility index (Phi) is 3.23. The van der Waals surface area contributed by atoms with E-state index in [1.807, 2.05) is 30.3 Å². The van der Waals surface area contributed by atoms with Crippen LogP contribution in [0.2, 0.25) is 0 Å². The van der Waals surface area contributed by atoms with E-state index in [0.717, 1.165) is 5.56 Å². The van der Waals surface area contributed by atoms with Crippen LogP contribution in [0.3, 0.4) is 0 Å². The number of benzene rings is 2. The molecule has 0 atom stereocenters. The lowest BCUT2D eigenvalue weighted by Crippen LogP contribution is -2.26. The molecule has 0 saturated carbocycles. The summed E-state index contributed by atoms with van der Waals surface area (Å²) in [6.07, 6.45) is 0. The van der Waals surface area contributed by atoms with E-state index in [1.54, 1.807) is 24.3 Å². The van der Waals surface area contributed by atoms with Crippen LogP contribution in [0.5, 0.6) is 0 Å². The zero-order valence-corrected chi connectivity index (χ0v) is 11.1. The number of carboxylic acid groups (broad SMARTS) is 1. The predicted octanol–water partition coefficient (Wildman–Crippen LogP) is 2.14. The van der Waals surface area contributed by atoms with Gasteiger partial charge in [-0.05, 0) is 11.6 Å². The number of hydrogen-bond acceptors (Lipinski definition) is 3. The smallest absolute Gasteiger partial charge is 0.357 e. The second kappa shape index (κ2) is 5.20. The largest absolute Gasteiger partial charge is 0.476 e. The van der Waals surface area contributed by atoms with E-state index < -0.39 is 5.97 Å². The highest BCUT2D eigenvalue weighted by atomic mass is 16.4. The van der Waals surface area contributed by atoms with Crippen molar-refractivity contribution in [1.29, 1.82) is 0 Å². The lowest BCUT2D eigenvalue weighted by Gasteiger charge is -2.08. The van der Waals surface area contributed by atoms with Crippen molar-refractivity contribution in [2.24, 2.45) is 0 Å². The number of nitrogens with zero attached hydrogens (tertiary/aromatic N) is 2. The molecule has 0 aliphatic heterocycles. The Hall–Kier alpha value is -2.95. The number of rotatable bonds is 3. The van der Waals surface area contributed by atoms with Crippen LogP contribution in [-0.2, 0) is 6.54 Å². The third-order valence-corrected chi connectivity index (χ3v) is 3.25. The van der Waals surface area contributed by atoms with Gasteiger partial charge in [0.25, 0.3) is 5.56 Å². The van der Waals surface area contributed by atoms with Crippen LogP contribution in [0.15, 0.2) is 59.4 Å². The van der Waals surface area contributed by atoms with Crippen molar-refractivity contribution in [2.45, 2.75) is 6.54 Å². The van der Waals surface area contributed by atoms with Crippen molar-refractivity contribution in [3.05, 3.63) is 76.2 Å². The molecule has 3 rings (SSSR count). The fourth-order valence-electron chi connectivity index (χ4n) is 2.26. The van der Waals surface area contributed by atoms with Crippen molar-refractivity contribution in [2.75, 3.05) is 0 Å². The SMILES string of the molecule is O=C(O)c1nn(Cc2ccccc2)c(=O)c2ccccc12. The molecule has 0 unspecified atom stereocenters. The van der Waals surface area contributed by atoms with Crippen molar-refractivity contribution in [3.63, 3.8) is 0 Å². The van der Waals surface area contributed by atoms with Crippen molar-refractivity contribution in [3.8, 4) is 0 Å². The number of carbonyl (C=O) groups is 1. The minimum absolute atomic E-state index is 0.110. The molecule has 0 radical (unpaired) electrons. The quantitative estimate of drug-likeness (QED) is 0.797. The maximum atomic E-state index is 12.4. The molecule has 104 valence electrons. The van der Waals surface area contributed by atoms with Gasteiger partial charge < -0.3 is 5.11 Å². The van der Waals surface area contributed by atoms with E-state index in [-0.39, 0.29) is 17.8 Å². The van der Waals surface area contributed by atoms with Gasteiger partial charge in [0.15, 0.2) is 5.69 Å². The summed E-state index contributed by atoms with van der Waals surface area (Å²) in [5.74, 6) is -1.15. The van der Waals surface area contributed by atoms with Gasteiger partial charge in [0.05, 0.1) is 11.9 Å².